The molecule has 1 fully saturated rings. The lowest BCUT2D eigenvalue weighted by Gasteiger charge is -2.50. The smallest absolute Gasteiger partial charge is 0.356 e. The van der Waals surface area contributed by atoms with Crippen molar-refractivity contribution in [3.63, 3.8) is 0 Å². The minimum absolute atomic E-state index is 0.00358. The second-order valence-electron chi connectivity index (χ2n) is 19.7. The molecule has 0 saturated carbocycles. The molecule has 0 radical (unpaired) electrons. The number of hydrogen-bond acceptors (Lipinski definition) is 18. The van der Waals surface area contributed by atoms with Crippen molar-refractivity contribution in [2.75, 3.05) is 25.1 Å². The summed E-state index contributed by atoms with van der Waals surface area (Å²) < 4.78 is 23.8. The highest BCUT2D eigenvalue weighted by Gasteiger charge is 2.56. The van der Waals surface area contributed by atoms with Crippen molar-refractivity contribution in [3.05, 3.63) is 213 Å². The molecule has 3 aliphatic rings. The van der Waals surface area contributed by atoms with E-state index in [1.807, 2.05) is 79.8 Å². The molecule has 0 bridgehead atoms. The van der Waals surface area contributed by atoms with Crippen LogP contribution in [0, 0.1) is 0 Å². The zero-order valence-corrected chi connectivity index (χ0v) is 45.4. The maximum Gasteiger partial charge on any atom is 0.356 e. The third-order valence-electron chi connectivity index (χ3n) is 13.6. The predicted molar refractivity (Wildman–Crippen MR) is 298 cm³/mol. The standard InChI is InChI=1S/C60H52N6O13S2/c1-34(67)75-47-27-41-29-66(3,30-42(41)28-48(47)76-35(2)68)31-43-32-80-57-50(56(72)65(57)51(43)58(73)77-52(36-16-8-4-9-17-36)37-18-10-5-11-19-37)63-55(71)49(44-33-81-60(61)62-44)64-79-54(40-24-25-45(69)46(70)26-40)59(74)78-53(38-20-12-6-13-21-38)39-22-14-7-15-23-39/h4-28,33,50,52-54,57H,29-32H2,1-3H3,(H4-,61,62,63,64,69,70,71)/p+1/t50?,54?,57-/m1/s1. The summed E-state index contributed by atoms with van der Waals surface area (Å²) in [5.41, 5.74) is 10.4. The quantitative estimate of drug-likeness (QED) is 0.0121. The molecule has 0 spiro atoms. The van der Waals surface area contributed by atoms with Gasteiger partial charge in [-0.15, -0.1) is 23.1 Å². The van der Waals surface area contributed by atoms with Crippen LogP contribution in [0.1, 0.15) is 76.8 Å². The fourth-order valence-corrected chi connectivity index (χ4v) is 11.9. The van der Waals surface area contributed by atoms with E-state index in [0.29, 0.717) is 45.4 Å². The first-order valence-electron chi connectivity index (χ1n) is 25.4. The van der Waals surface area contributed by atoms with Crippen LogP contribution in [0.3, 0.4) is 0 Å². The number of esters is 4. The summed E-state index contributed by atoms with van der Waals surface area (Å²) in [6.07, 6.45) is -3.58. The summed E-state index contributed by atoms with van der Waals surface area (Å²) in [6, 6.07) is 42.0. The highest BCUT2D eigenvalue weighted by Crippen LogP contribution is 2.45. The number of thiazole rings is 1. The van der Waals surface area contributed by atoms with Gasteiger partial charge in [-0.2, -0.15) is 0 Å². The van der Waals surface area contributed by atoms with E-state index in [2.05, 4.69) is 15.5 Å². The number of phenols is 2. The Morgan fingerprint density at radius 2 is 1.25 bits per heavy atom. The second kappa shape index (κ2) is 23.6. The number of likely N-dealkylation sites (N-methyl/N-ethyl adjacent to an activating group) is 1. The molecule has 6 aromatic carbocycles. The summed E-state index contributed by atoms with van der Waals surface area (Å²) in [5.74, 6) is -5.22. The van der Waals surface area contributed by atoms with Gasteiger partial charge in [-0.1, -0.05) is 133 Å². The molecule has 7 aromatic rings. The van der Waals surface area contributed by atoms with E-state index in [4.69, 9.17) is 29.5 Å². The number of aromatic nitrogens is 1. The van der Waals surface area contributed by atoms with Crippen LogP contribution in [0.4, 0.5) is 5.13 Å². The third kappa shape index (κ3) is 12.1. The van der Waals surface area contributed by atoms with E-state index in [1.165, 1.54) is 42.0 Å². The van der Waals surface area contributed by atoms with Crippen LogP contribution in [0.25, 0.3) is 0 Å². The Bertz CT molecular complexity index is 3500. The molecule has 3 aliphatic heterocycles. The number of aromatic hydroxyl groups is 2. The van der Waals surface area contributed by atoms with Gasteiger partial charge >= 0.3 is 23.9 Å². The minimum Gasteiger partial charge on any atom is -0.504 e. The maximum absolute atomic E-state index is 15.1. The number of fused-ring (bicyclic) bond motifs is 2. The number of carbonyl (C=O) groups is 6. The van der Waals surface area contributed by atoms with Gasteiger partial charge < -0.3 is 49.5 Å². The van der Waals surface area contributed by atoms with Crippen molar-refractivity contribution >= 4 is 69.6 Å². The molecule has 19 nitrogen and oxygen atoms in total. The Kier molecular flexibility index (Phi) is 16.0. The van der Waals surface area contributed by atoms with Crippen molar-refractivity contribution in [2.45, 2.75) is 56.7 Å². The Balaban J connectivity index is 0.962. The highest BCUT2D eigenvalue weighted by molar-refractivity contribution is 8.00. The molecule has 3 atom stereocenters. The summed E-state index contributed by atoms with van der Waals surface area (Å²) in [7, 11) is 1.98. The van der Waals surface area contributed by atoms with E-state index in [-0.39, 0.29) is 45.9 Å². The van der Waals surface area contributed by atoms with Crippen molar-refractivity contribution in [2.24, 2.45) is 5.16 Å². The fourth-order valence-electron chi connectivity index (χ4n) is 10.0. The summed E-state index contributed by atoms with van der Waals surface area (Å²) >= 11 is 2.31. The zero-order valence-electron chi connectivity index (χ0n) is 43.8. The van der Waals surface area contributed by atoms with Gasteiger partial charge in [-0.25, -0.2) is 14.6 Å². The van der Waals surface area contributed by atoms with Gasteiger partial charge in [0, 0.05) is 47.2 Å². The van der Waals surface area contributed by atoms with Crippen LogP contribution < -0.4 is 20.5 Å². The average Bonchev–Trinajstić information content (AvgIpc) is 4.10. The topological polar surface area (TPSA) is 256 Å². The molecule has 4 heterocycles. The molecule has 1 saturated heterocycles. The fraction of sp³-hybridized carbons (Fsp3) is 0.200. The Labute approximate surface area is 472 Å². The van der Waals surface area contributed by atoms with Crippen molar-refractivity contribution < 1.29 is 67.2 Å². The Morgan fingerprint density at radius 3 is 1.73 bits per heavy atom. The molecule has 412 valence electrons. The van der Waals surface area contributed by atoms with Gasteiger partial charge in [0.15, 0.2) is 46.0 Å². The number of carbonyl (C=O) groups excluding carboxylic acids is 6. The third-order valence-corrected chi connectivity index (χ3v) is 15.6. The van der Waals surface area contributed by atoms with Crippen LogP contribution in [0.5, 0.6) is 23.0 Å². The van der Waals surface area contributed by atoms with Crippen LogP contribution in [0.2, 0.25) is 0 Å². The predicted octanol–water partition coefficient (Wildman–Crippen LogP) is 7.93. The molecule has 2 unspecified atom stereocenters. The van der Waals surface area contributed by atoms with Crippen LogP contribution >= 0.6 is 23.1 Å². The highest BCUT2D eigenvalue weighted by atomic mass is 32.2. The molecule has 10 rings (SSSR count). The molecule has 21 heteroatoms. The first-order chi connectivity index (χ1) is 39.0. The minimum atomic E-state index is -1.76. The number of thioether (sulfide) groups is 1. The number of hydrogen-bond donors (Lipinski definition) is 4. The van der Waals surface area contributed by atoms with Gasteiger partial charge in [0.2, 0.25) is 6.10 Å². The molecule has 5 N–H and O–H groups in total. The van der Waals surface area contributed by atoms with Crippen LogP contribution in [-0.4, -0.2) is 96.7 Å². The van der Waals surface area contributed by atoms with E-state index in [1.54, 1.807) is 60.7 Å². The van der Waals surface area contributed by atoms with Gasteiger partial charge in [0.25, 0.3) is 11.8 Å². The number of oxime groups is 1. The van der Waals surface area contributed by atoms with Gasteiger partial charge in [-0.3, -0.25) is 24.1 Å². The first kappa shape index (κ1) is 55.0. The number of nitrogens with one attached hydrogen (secondary N) is 1. The lowest BCUT2D eigenvalue weighted by Crippen LogP contribution is -2.71. The lowest BCUT2D eigenvalue weighted by atomic mass is 10.00. The van der Waals surface area contributed by atoms with Crippen molar-refractivity contribution in [1.82, 2.24) is 15.2 Å². The molecule has 1 aromatic heterocycles. The number of phenolic OH excluding ortho intramolecular Hbond substituents is 2. The Hall–Kier alpha value is -9.31. The number of amides is 2. The number of benzene rings is 6. The summed E-state index contributed by atoms with van der Waals surface area (Å²) in [4.78, 5) is 94.8. The molecular formula is C60H53N6O13S2+. The number of nitrogens with two attached hydrogens (primary N) is 1. The van der Waals surface area contributed by atoms with Gasteiger partial charge in [0.1, 0.15) is 42.4 Å². The van der Waals surface area contributed by atoms with Crippen molar-refractivity contribution in [3.8, 4) is 23.0 Å². The summed E-state index contributed by atoms with van der Waals surface area (Å²) in [6.45, 7) is 3.55. The monoisotopic (exact) mass is 1130 g/mol. The number of nitrogens with zero attached hydrogens (tertiary/aromatic N) is 4. The van der Waals surface area contributed by atoms with Crippen molar-refractivity contribution in [1.29, 1.82) is 0 Å². The number of rotatable bonds is 18. The zero-order chi connectivity index (χ0) is 57.0. The maximum atomic E-state index is 15.1. The average molecular weight is 1130 g/mol. The molecule has 0 aliphatic carbocycles. The lowest BCUT2D eigenvalue weighted by molar-refractivity contribution is -0.924. The van der Waals surface area contributed by atoms with Crippen LogP contribution in [0.15, 0.2) is 173 Å². The van der Waals surface area contributed by atoms with E-state index in [9.17, 15) is 34.2 Å². The normalized spacial score (nSPS) is 16.6. The first-order valence-corrected chi connectivity index (χ1v) is 27.4. The second-order valence-corrected chi connectivity index (χ2v) is 21.6. The van der Waals surface area contributed by atoms with E-state index < -0.39 is 82.6 Å². The molecule has 2 amide bonds. The molecule has 81 heavy (non-hydrogen) atoms. The van der Waals surface area contributed by atoms with E-state index >= 15 is 4.79 Å². The van der Waals surface area contributed by atoms with E-state index in [0.717, 1.165) is 34.6 Å². The number of quaternary nitrogens is 1. The Morgan fingerprint density at radius 1 is 0.728 bits per heavy atom. The van der Waals surface area contributed by atoms with Gasteiger partial charge in [-0.05, 0) is 46.5 Å². The SMILES string of the molecule is CC(=O)Oc1cc2c(cc1OC(C)=O)C[N+](C)(CC1=C(C(=O)OC(c3ccccc3)c3ccccc3)N3C(=O)C(NC(=O)/C(=N\OC(C(=O)OC(c4ccccc4)c4ccccc4)c4ccc(O)c(O)c4)c4csc(N)n4)[C@H]3SC1)C2. The summed E-state index contributed by atoms with van der Waals surface area (Å²) in [5, 5.41) is 28.5. The molecular weight excluding hydrogens is 1080 g/mol. The van der Waals surface area contributed by atoms with Gasteiger partial charge in [0.05, 0.1) is 7.05 Å². The van der Waals surface area contributed by atoms with Crippen LogP contribution in [-0.2, 0) is 56.2 Å². The largest absolute Gasteiger partial charge is 0.504 e. The number of nitrogen functional groups attached to an aromatic ring is 1. The number of ether oxygens (including phenoxy) is 4. The number of anilines is 1. The number of β-lactam (4-membered cyclic amide) rings is 1.